The van der Waals surface area contributed by atoms with Gasteiger partial charge in [-0.1, -0.05) is 12.1 Å². The SMILES string of the molecule is Cl.Fc1cccc2c1OCCN(CC1CCNCC1)C2. The summed E-state index contributed by atoms with van der Waals surface area (Å²) in [4.78, 5) is 2.40. The van der Waals surface area contributed by atoms with Crippen LogP contribution in [0.3, 0.4) is 0 Å². The van der Waals surface area contributed by atoms with Crippen molar-refractivity contribution in [2.45, 2.75) is 19.4 Å². The van der Waals surface area contributed by atoms with E-state index in [0.717, 1.165) is 44.2 Å². The van der Waals surface area contributed by atoms with Crippen molar-refractivity contribution < 1.29 is 9.13 Å². The molecule has 0 spiro atoms. The molecule has 2 aliphatic rings. The van der Waals surface area contributed by atoms with Crippen LogP contribution in [0, 0.1) is 11.7 Å². The van der Waals surface area contributed by atoms with E-state index in [-0.39, 0.29) is 18.2 Å². The highest BCUT2D eigenvalue weighted by Crippen LogP contribution is 2.27. The summed E-state index contributed by atoms with van der Waals surface area (Å²) in [5.74, 6) is 0.980. The van der Waals surface area contributed by atoms with E-state index in [0.29, 0.717) is 12.4 Å². The molecule has 0 amide bonds. The Morgan fingerprint density at radius 2 is 2.10 bits per heavy atom. The summed E-state index contributed by atoms with van der Waals surface area (Å²) < 4.78 is 19.3. The summed E-state index contributed by atoms with van der Waals surface area (Å²) in [6.07, 6.45) is 2.49. The average Bonchev–Trinajstić information content (AvgIpc) is 2.63. The highest BCUT2D eigenvalue weighted by Gasteiger charge is 2.21. The summed E-state index contributed by atoms with van der Waals surface area (Å²) in [7, 11) is 0. The minimum atomic E-state index is -0.235. The van der Waals surface area contributed by atoms with Crippen LogP contribution < -0.4 is 10.1 Å². The molecule has 0 radical (unpaired) electrons. The summed E-state index contributed by atoms with van der Waals surface area (Å²) in [6, 6.07) is 5.21. The maximum Gasteiger partial charge on any atom is 0.165 e. The first-order valence-electron chi connectivity index (χ1n) is 7.16. The lowest BCUT2D eigenvalue weighted by molar-refractivity contribution is 0.180. The van der Waals surface area contributed by atoms with Crippen LogP contribution in [-0.4, -0.2) is 37.7 Å². The number of halogens is 2. The third kappa shape index (κ3) is 3.62. The lowest BCUT2D eigenvalue weighted by Crippen LogP contribution is -2.36. The van der Waals surface area contributed by atoms with Crippen molar-refractivity contribution in [1.29, 1.82) is 0 Å². The largest absolute Gasteiger partial charge is 0.489 e. The number of piperidine rings is 1. The quantitative estimate of drug-likeness (QED) is 0.908. The monoisotopic (exact) mass is 300 g/mol. The Balaban J connectivity index is 0.00000147. The average molecular weight is 301 g/mol. The maximum absolute atomic E-state index is 13.7. The molecule has 0 saturated carbocycles. The van der Waals surface area contributed by atoms with E-state index in [9.17, 15) is 4.39 Å². The summed E-state index contributed by atoms with van der Waals surface area (Å²) in [5, 5.41) is 3.39. The van der Waals surface area contributed by atoms with Crippen LogP contribution in [0.5, 0.6) is 5.75 Å². The second kappa shape index (κ2) is 7.25. The van der Waals surface area contributed by atoms with Crippen LogP contribution in [0.4, 0.5) is 4.39 Å². The summed E-state index contributed by atoms with van der Waals surface area (Å²) >= 11 is 0. The van der Waals surface area contributed by atoms with Gasteiger partial charge in [-0.2, -0.15) is 0 Å². The van der Waals surface area contributed by atoms with Gasteiger partial charge in [0.15, 0.2) is 11.6 Å². The van der Waals surface area contributed by atoms with Gasteiger partial charge in [0, 0.05) is 25.2 Å². The first-order chi connectivity index (χ1) is 9.33. The first-order valence-corrected chi connectivity index (χ1v) is 7.16. The number of nitrogens with one attached hydrogen (secondary N) is 1. The van der Waals surface area contributed by atoms with E-state index < -0.39 is 0 Å². The van der Waals surface area contributed by atoms with Gasteiger partial charge >= 0.3 is 0 Å². The summed E-state index contributed by atoms with van der Waals surface area (Å²) in [6.45, 7) is 5.62. The standard InChI is InChI=1S/C15H21FN2O.ClH/c16-14-3-1-2-13-11-18(8-9-19-15(13)14)10-12-4-6-17-7-5-12;/h1-3,12,17H,4-11H2;1H. The zero-order chi connectivity index (χ0) is 13.1. The third-order valence-electron chi connectivity index (χ3n) is 4.07. The van der Waals surface area contributed by atoms with Crippen molar-refractivity contribution in [2.24, 2.45) is 5.92 Å². The van der Waals surface area contributed by atoms with E-state index in [1.807, 2.05) is 6.07 Å². The molecule has 0 atom stereocenters. The van der Waals surface area contributed by atoms with Crippen molar-refractivity contribution in [3.63, 3.8) is 0 Å². The van der Waals surface area contributed by atoms with E-state index in [4.69, 9.17) is 4.74 Å². The molecule has 5 heteroatoms. The number of hydrogen-bond acceptors (Lipinski definition) is 3. The molecule has 1 fully saturated rings. The van der Waals surface area contributed by atoms with E-state index >= 15 is 0 Å². The normalized spacial score (nSPS) is 20.4. The molecule has 1 aromatic rings. The Hall–Kier alpha value is -0.840. The second-order valence-electron chi connectivity index (χ2n) is 5.51. The van der Waals surface area contributed by atoms with Crippen LogP contribution >= 0.6 is 12.4 Å². The molecule has 0 aromatic heterocycles. The first kappa shape index (κ1) is 15.5. The third-order valence-corrected chi connectivity index (χ3v) is 4.07. The van der Waals surface area contributed by atoms with E-state index in [1.54, 1.807) is 6.07 Å². The highest BCUT2D eigenvalue weighted by atomic mass is 35.5. The van der Waals surface area contributed by atoms with Gasteiger partial charge in [0.1, 0.15) is 6.61 Å². The van der Waals surface area contributed by atoms with Gasteiger partial charge in [-0.05, 0) is 37.9 Å². The second-order valence-corrected chi connectivity index (χ2v) is 5.51. The molecule has 2 heterocycles. The van der Waals surface area contributed by atoms with Gasteiger partial charge in [-0.25, -0.2) is 4.39 Å². The molecule has 0 aliphatic carbocycles. The number of rotatable bonds is 2. The van der Waals surface area contributed by atoms with Gasteiger partial charge < -0.3 is 10.1 Å². The molecular formula is C15H22ClFN2O. The minimum Gasteiger partial charge on any atom is -0.489 e. The minimum absolute atomic E-state index is 0. The van der Waals surface area contributed by atoms with Crippen molar-refractivity contribution in [3.05, 3.63) is 29.6 Å². The number of hydrogen-bond donors (Lipinski definition) is 1. The molecule has 112 valence electrons. The number of para-hydroxylation sites is 1. The van der Waals surface area contributed by atoms with Crippen LogP contribution in [0.15, 0.2) is 18.2 Å². The molecule has 20 heavy (non-hydrogen) atoms. The molecule has 1 N–H and O–H groups in total. The van der Waals surface area contributed by atoms with Gasteiger partial charge in [0.2, 0.25) is 0 Å². The Bertz CT molecular complexity index is 438. The fourth-order valence-electron chi connectivity index (χ4n) is 3.02. The zero-order valence-corrected chi connectivity index (χ0v) is 12.4. The maximum atomic E-state index is 13.7. The lowest BCUT2D eigenvalue weighted by Gasteiger charge is -2.28. The molecule has 1 aromatic carbocycles. The predicted molar refractivity (Wildman–Crippen MR) is 80.0 cm³/mol. The van der Waals surface area contributed by atoms with Crippen molar-refractivity contribution in [3.8, 4) is 5.75 Å². The van der Waals surface area contributed by atoms with Crippen molar-refractivity contribution in [2.75, 3.05) is 32.8 Å². The predicted octanol–water partition coefficient (Wildman–Crippen LogP) is 2.44. The van der Waals surface area contributed by atoms with Crippen LogP contribution in [0.1, 0.15) is 18.4 Å². The molecule has 1 saturated heterocycles. The van der Waals surface area contributed by atoms with Crippen molar-refractivity contribution in [1.82, 2.24) is 10.2 Å². The Morgan fingerprint density at radius 3 is 2.90 bits per heavy atom. The Morgan fingerprint density at radius 1 is 1.30 bits per heavy atom. The molecule has 0 bridgehead atoms. The molecule has 0 unspecified atom stereocenters. The smallest absolute Gasteiger partial charge is 0.165 e. The number of nitrogens with zero attached hydrogens (tertiary/aromatic N) is 1. The fraction of sp³-hybridized carbons (Fsp3) is 0.600. The van der Waals surface area contributed by atoms with Crippen LogP contribution in [0.2, 0.25) is 0 Å². The molecule has 3 nitrogen and oxygen atoms in total. The van der Waals surface area contributed by atoms with E-state index in [1.165, 1.54) is 18.9 Å². The fourth-order valence-corrected chi connectivity index (χ4v) is 3.02. The number of fused-ring (bicyclic) bond motifs is 1. The molecule has 2 aliphatic heterocycles. The van der Waals surface area contributed by atoms with Gasteiger partial charge in [0.25, 0.3) is 0 Å². The summed E-state index contributed by atoms with van der Waals surface area (Å²) in [5.41, 5.74) is 0.978. The van der Waals surface area contributed by atoms with Gasteiger partial charge in [0.05, 0.1) is 0 Å². The van der Waals surface area contributed by atoms with Crippen LogP contribution in [-0.2, 0) is 6.54 Å². The Labute approximate surface area is 125 Å². The molecular weight excluding hydrogens is 279 g/mol. The van der Waals surface area contributed by atoms with Crippen LogP contribution in [0.25, 0.3) is 0 Å². The Kier molecular flexibility index (Phi) is 5.64. The number of benzene rings is 1. The van der Waals surface area contributed by atoms with Gasteiger partial charge in [-0.3, -0.25) is 4.90 Å². The zero-order valence-electron chi connectivity index (χ0n) is 11.6. The highest BCUT2D eigenvalue weighted by molar-refractivity contribution is 5.85. The van der Waals surface area contributed by atoms with Gasteiger partial charge in [-0.15, -0.1) is 12.4 Å². The lowest BCUT2D eigenvalue weighted by atomic mass is 9.97. The molecule has 3 rings (SSSR count). The number of ether oxygens (including phenoxy) is 1. The van der Waals surface area contributed by atoms with Crippen molar-refractivity contribution >= 4 is 12.4 Å². The topological polar surface area (TPSA) is 24.5 Å². The van der Waals surface area contributed by atoms with E-state index in [2.05, 4.69) is 10.2 Å².